The van der Waals surface area contributed by atoms with Crippen LogP contribution in [0.2, 0.25) is 0 Å². The lowest BCUT2D eigenvalue weighted by Gasteiger charge is -2.17. The lowest BCUT2D eigenvalue weighted by Crippen LogP contribution is -2.32. The van der Waals surface area contributed by atoms with Crippen LogP contribution in [0.3, 0.4) is 0 Å². The first kappa shape index (κ1) is 13.9. The zero-order chi connectivity index (χ0) is 13.6. The summed E-state index contributed by atoms with van der Waals surface area (Å²) in [6, 6.07) is 6.29. The van der Waals surface area contributed by atoms with Gasteiger partial charge in [0, 0.05) is 13.2 Å². The smallest absolute Gasteiger partial charge is 0.248 e. The minimum absolute atomic E-state index is 0.0574. The van der Waals surface area contributed by atoms with Crippen LogP contribution in [-0.4, -0.2) is 37.8 Å². The number of nitrogens with zero attached hydrogens (tertiary/aromatic N) is 4. The molecule has 0 saturated heterocycles. The Morgan fingerprint density at radius 2 is 2.00 bits per heavy atom. The van der Waals surface area contributed by atoms with Crippen molar-refractivity contribution in [1.29, 1.82) is 10.5 Å². The molecule has 0 spiro atoms. The molecule has 7 nitrogen and oxygen atoms in total. The third-order valence-corrected chi connectivity index (χ3v) is 3.94. The van der Waals surface area contributed by atoms with Crippen molar-refractivity contribution in [3.8, 4) is 12.1 Å². The van der Waals surface area contributed by atoms with E-state index in [4.69, 9.17) is 10.5 Å². The van der Waals surface area contributed by atoms with E-state index < -0.39 is 10.0 Å². The molecule has 1 N–H and O–H groups in total. The molecular weight excluding hydrogens is 254 g/mol. The van der Waals surface area contributed by atoms with E-state index in [0.717, 1.165) is 4.31 Å². The fourth-order valence-electron chi connectivity index (χ4n) is 1.31. The van der Waals surface area contributed by atoms with Gasteiger partial charge in [0.25, 0.3) is 0 Å². The van der Waals surface area contributed by atoms with E-state index in [1.807, 2.05) is 0 Å². The standard InChI is InChI=1S/C10H11N5O2S/c1-13-10-9(3-2-6-14-10)18(16,17)15(7-4-11)8-5-12/h2-3,6H,7-8H2,1H3,(H,13,14). The highest BCUT2D eigenvalue weighted by Crippen LogP contribution is 2.21. The molecule has 0 bridgehead atoms. The van der Waals surface area contributed by atoms with Crippen molar-refractivity contribution >= 4 is 15.8 Å². The number of hydrogen-bond donors (Lipinski definition) is 1. The van der Waals surface area contributed by atoms with E-state index in [2.05, 4.69) is 10.3 Å². The molecule has 0 amide bonds. The summed E-state index contributed by atoms with van der Waals surface area (Å²) in [4.78, 5) is 3.83. The Bertz CT molecular complexity index is 583. The topological polar surface area (TPSA) is 110 Å². The molecule has 0 atom stereocenters. The zero-order valence-electron chi connectivity index (χ0n) is 9.66. The summed E-state index contributed by atoms with van der Waals surface area (Å²) in [7, 11) is -2.36. The summed E-state index contributed by atoms with van der Waals surface area (Å²) in [6.07, 6.45) is 1.45. The van der Waals surface area contributed by atoms with Gasteiger partial charge < -0.3 is 5.32 Å². The number of rotatable bonds is 5. The number of pyridine rings is 1. The van der Waals surface area contributed by atoms with Gasteiger partial charge in [0.15, 0.2) is 0 Å². The molecule has 0 unspecified atom stereocenters. The van der Waals surface area contributed by atoms with E-state index in [0.29, 0.717) is 0 Å². The van der Waals surface area contributed by atoms with E-state index in [9.17, 15) is 8.42 Å². The fraction of sp³-hybridized carbons (Fsp3) is 0.300. The van der Waals surface area contributed by atoms with Gasteiger partial charge in [0.1, 0.15) is 23.8 Å². The highest BCUT2D eigenvalue weighted by molar-refractivity contribution is 7.89. The van der Waals surface area contributed by atoms with Crippen molar-refractivity contribution < 1.29 is 8.42 Å². The third-order valence-electron chi connectivity index (χ3n) is 2.12. The van der Waals surface area contributed by atoms with Crippen LogP contribution in [0.1, 0.15) is 0 Å². The van der Waals surface area contributed by atoms with Crippen LogP contribution >= 0.6 is 0 Å². The van der Waals surface area contributed by atoms with E-state index in [1.165, 1.54) is 18.3 Å². The van der Waals surface area contributed by atoms with Crippen molar-refractivity contribution in [3.63, 3.8) is 0 Å². The van der Waals surface area contributed by atoms with Crippen molar-refractivity contribution in [2.45, 2.75) is 4.90 Å². The summed E-state index contributed by atoms with van der Waals surface area (Å²) in [5, 5.41) is 19.9. The predicted molar refractivity (Wildman–Crippen MR) is 63.8 cm³/mol. The minimum Gasteiger partial charge on any atom is -0.372 e. The van der Waals surface area contributed by atoms with Crippen molar-refractivity contribution in [3.05, 3.63) is 18.3 Å². The first-order chi connectivity index (χ1) is 8.57. The highest BCUT2D eigenvalue weighted by Gasteiger charge is 2.27. The molecule has 1 aromatic heterocycles. The Kier molecular flexibility index (Phi) is 4.60. The second-order valence-corrected chi connectivity index (χ2v) is 5.10. The second-order valence-electron chi connectivity index (χ2n) is 3.19. The van der Waals surface area contributed by atoms with Crippen molar-refractivity contribution in [1.82, 2.24) is 9.29 Å². The van der Waals surface area contributed by atoms with Gasteiger partial charge in [-0.2, -0.15) is 14.8 Å². The van der Waals surface area contributed by atoms with E-state index in [-0.39, 0.29) is 23.8 Å². The molecule has 0 aromatic carbocycles. The van der Waals surface area contributed by atoms with E-state index in [1.54, 1.807) is 19.2 Å². The van der Waals surface area contributed by atoms with Crippen molar-refractivity contribution in [2.24, 2.45) is 0 Å². The van der Waals surface area contributed by atoms with Gasteiger partial charge >= 0.3 is 0 Å². The molecule has 0 aliphatic carbocycles. The monoisotopic (exact) mass is 265 g/mol. The maximum Gasteiger partial charge on any atom is 0.248 e. The summed E-state index contributed by atoms with van der Waals surface area (Å²) in [5.74, 6) is 0.179. The molecule has 0 aliphatic rings. The SMILES string of the molecule is CNc1ncccc1S(=O)(=O)N(CC#N)CC#N. The van der Waals surface area contributed by atoms with Crippen LogP contribution in [0, 0.1) is 22.7 Å². The highest BCUT2D eigenvalue weighted by atomic mass is 32.2. The second kappa shape index (κ2) is 5.96. The third kappa shape index (κ3) is 2.74. The average molecular weight is 265 g/mol. The van der Waals surface area contributed by atoms with Crippen LogP contribution in [-0.2, 0) is 10.0 Å². The lowest BCUT2D eigenvalue weighted by molar-refractivity contribution is 0.479. The van der Waals surface area contributed by atoms with Crippen LogP contribution in [0.15, 0.2) is 23.2 Å². The molecule has 0 aliphatic heterocycles. The van der Waals surface area contributed by atoms with Crippen LogP contribution < -0.4 is 5.32 Å². The lowest BCUT2D eigenvalue weighted by atomic mass is 10.5. The molecule has 0 fully saturated rings. The Hall–Kier alpha value is -2.16. The number of hydrogen-bond acceptors (Lipinski definition) is 6. The predicted octanol–water partition coefficient (Wildman–Crippen LogP) is 0.161. The Morgan fingerprint density at radius 1 is 1.39 bits per heavy atom. The van der Waals surface area contributed by atoms with Crippen LogP contribution in [0.25, 0.3) is 0 Å². The molecule has 0 radical (unpaired) electrons. The average Bonchev–Trinajstić information content (AvgIpc) is 2.38. The van der Waals surface area contributed by atoms with Gasteiger partial charge in [-0.05, 0) is 12.1 Å². The molecule has 0 saturated carbocycles. The fourth-order valence-corrected chi connectivity index (χ4v) is 2.69. The Morgan fingerprint density at radius 3 is 2.50 bits per heavy atom. The number of nitrogens with one attached hydrogen (secondary N) is 1. The van der Waals surface area contributed by atoms with Crippen LogP contribution in [0.5, 0.6) is 0 Å². The molecule has 1 rings (SSSR count). The number of sulfonamides is 1. The molecule has 1 heterocycles. The van der Waals surface area contributed by atoms with Gasteiger partial charge in [0.05, 0.1) is 12.1 Å². The summed E-state index contributed by atoms with van der Waals surface area (Å²) in [6.45, 7) is -0.762. The molecule has 94 valence electrons. The van der Waals surface area contributed by atoms with Gasteiger partial charge in [-0.3, -0.25) is 0 Å². The van der Waals surface area contributed by atoms with Gasteiger partial charge in [-0.1, -0.05) is 0 Å². The van der Waals surface area contributed by atoms with Crippen molar-refractivity contribution in [2.75, 3.05) is 25.5 Å². The molecule has 8 heteroatoms. The molecular formula is C10H11N5O2S. The summed E-state index contributed by atoms with van der Waals surface area (Å²) < 4.78 is 25.3. The molecule has 18 heavy (non-hydrogen) atoms. The molecule has 1 aromatic rings. The Balaban J connectivity index is 3.28. The number of anilines is 1. The van der Waals surface area contributed by atoms with Gasteiger partial charge in [-0.25, -0.2) is 13.4 Å². The number of aromatic nitrogens is 1. The van der Waals surface area contributed by atoms with Crippen LogP contribution in [0.4, 0.5) is 5.82 Å². The largest absolute Gasteiger partial charge is 0.372 e. The maximum absolute atomic E-state index is 12.2. The number of nitriles is 2. The summed E-state index contributed by atoms with van der Waals surface area (Å²) >= 11 is 0. The quantitative estimate of drug-likeness (QED) is 0.759. The normalized spacial score (nSPS) is 10.7. The van der Waals surface area contributed by atoms with E-state index >= 15 is 0 Å². The minimum atomic E-state index is -3.90. The maximum atomic E-state index is 12.2. The zero-order valence-corrected chi connectivity index (χ0v) is 10.5. The summed E-state index contributed by atoms with van der Waals surface area (Å²) in [5.41, 5.74) is 0. The van der Waals surface area contributed by atoms with Gasteiger partial charge in [0.2, 0.25) is 10.0 Å². The Labute approximate surface area is 105 Å². The van der Waals surface area contributed by atoms with Gasteiger partial charge in [-0.15, -0.1) is 0 Å². The first-order valence-electron chi connectivity index (χ1n) is 4.94. The first-order valence-corrected chi connectivity index (χ1v) is 6.38.